The monoisotopic (exact) mass is 295 g/mol. The van der Waals surface area contributed by atoms with Crippen molar-refractivity contribution in [3.63, 3.8) is 0 Å². The number of aryl methyl sites for hydroxylation is 2. The molecule has 1 amide bonds. The number of carboxylic acid groups (broad SMARTS) is 1. The zero-order chi connectivity index (χ0) is 15.6. The molecular weight excluding hydrogens is 274 g/mol. The standard InChI is InChI=1S/C14H21N3O4/c1-9-13(10(2)16(3)15-9)21-8-12(18)17-6-4-11(5-7-17)14(19)20/h11H,4-8H2,1-3H3,(H,19,20). The van der Waals surface area contributed by atoms with E-state index in [4.69, 9.17) is 9.84 Å². The SMILES string of the molecule is Cc1nn(C)c(C)c1OCC(=O)N1CCC(C(=O)O)CC1. The number of carbonyl (C=O) groups is 2. The first-order valence-electron chi connectivity index (χ1n) is 7.03. The third-order valence-corrected chi connectivity index (χ3v) is 3.98. The van der Waals surface area contributed by atoms with Gasteiger partial charge in [0.25, 0.3) is 5.91 Å². The molecule has 0 aromatic carbocycles. The lowest BCUT2D eigenvalue weighted by atomic mass is 9.97. The number of aromatic nitrogens is 2. The van der Waals surface area contributed by atoms with E-state index in [2.05, 4.69) is 5.10 Å². The molecule has 1 N–H and O–H groups in total. The van der Waals surface area contributed by atoms with Crippen molar-refractivity contribution >= 4 is 11.9 Å². The molecule has 0 unspecified atom stereocenters. The molecule has 0 saturated carbocycles. The Bertz CT molecular complexity index is 545. The molecule has 2 rings (SSSR count). The highest BCUT2D eigenvalue weighted by atomic mass is 16.5. The number of hydrogen-bond donors (Lipinski definition) is 1. The van der Waals surface area contributed by atoms with Gasteiger partial charge in [0.2, 0.25) is 0 Å². The number of carboxylic acids is 1. The van der Waals surface area contributed by atoms with Crippen LogP contribution in [0.4, 0.5) is 0 Å². The van der Waals surface area contributed by atoms with Crippen LogP contribution in [0.15, 0.2) is 0 Å². The molecule has 0 bridgehead atoms. The molecule has 7 heteroatoms. The van der Waals surface area contributed by atoms with Crippen LogP contribution >= 0.6 is 0 Å². The van der Waals surface area contributed by atoms with Gasteiger partial charge in [-0.1, -0.05) is 0 Å². The fourth-order valence-electron chi connectivity index (χ4n) is 2.56. The second kappa shape index (κ2) is 6.15. The van der Waals surface area contributed by atoms with E-state index in [1.165, 1.54) is 0 Å². The summed E-state index contributed by atoms with van der Waals surface area (Å²) in [5.74, 6) is -0.578. The largest absolute Gasteiger partial charge is 0.481 e. The summed E-state index contributed by atoms with van der Waals surface area (Å²) in [6.45, 7) is 4.64. The summed E-state index contributed by atoms with van der Waals surface area (Å²) in [6, 6.07) is 0. The van der Waals surface area contributed by atoms with Gasteiger partial charge in [-0.2, -0.15) is 5.10 Å². The Morgan fingerprint density at radius 2 is 1.95 bits per heavy atom. The van der Waals surface area contributed by atoms with Crippen LogP contribution in [0, 0.1) is 19.8 Å². The van der Waals surface area contributed by atoms with E-state index < -0.39 is 5.97 Å². The Hall–Kier alpha value is -2.05. The fraction of sp³-hybridized carbons (Fsp3) is 0.643. The molecule has 1 fully saturated rings. The second-order valence-corrected chi connectivity index (χ2v) is 5.41. The molecule has 0 aliphatic carbocycles. The van der Waals surface area contributed by atoms with E-state index in [1.54, 1.807) is 9.58 Å². The van der Waals surface area contributed by atoms with E-state index in [9.17, 15) is 9.59 Å². The molecule has 0 atom stereocenters. The number of likely N-dealkylation sites (tertiary alicyclic amines) is 1. The van der Waals surface area contributed by atoms with Gasteiger partial charge in [0.05, 0.1) is 11.6 Å². The Morgan fingerprint density at radius 1 is 1.33 bits per heavy atom. The highest BCUT2D eigenvalue weighted by Gasteiger charge is 2.27. The molecule has 1 saturated heterocycles. The quantitative estimate of drug-likeness (QED) is 0.885. The number of hydrogen-bond acceptors (Lipinski definition) is 4. The molecule has 1 aliphatic rings. The van der Waals surface area contributed by atoms with Crippen molar-refractivity contribution in [2.75, 3.05) is 19.7 Å². The summed E-state index contributed by atoms with van der Waals surface area (Å²) in [5.41, 5.74) is 1.64. The number of rotatable bonds is 4. The van der Waals surface area contributed by atoms with Crippen molar-refractivity contribution in [3.8, 4) is 5.75 Å². The van der Waals surface area contributed by atoms with Gasteiger partial charge in [-0.3, -0.25) is 14.3 Å². The molecule has 1 aromatic rings. The van der Waals surface area contributed by atoms with Gasteiger partial charge in [-0.05, 0) is 26.7 Å². The lowest BCUT2D eigenvalue weighted by molar-refractivity contribution is -0.146. The summed E-state index contributed by atoms with van der Waals surface area (Å²) in [7, 11) is 1.83. The summed E-state index contributed by atoms with van der Waals surface area (Å²) >= 11 is 0. The number of amides is 1. The molecule has 1 aliphatic heterocycles. The number of ether oxygens (including phenoxy) is 1. The van der Waals surface area contributed by atoms with E-state index in [-0.39, 0.29) is 18.4 Å². The van der Waals surface area contributed by atoms with Gasteiger partial charge >= 0.3 is 5.97 Å². The number of nitrogens with zero attached hydrogens (tertiary/aromatic N) is 3. The van der Waals surface area contributed by atoms with Crippen molar-refractivity contribution in [2.45, 2.75) is 26.7 Å². The summed E-state index contributed by atoms with van der Waals surface area (Å²) in [4.78, 5) is 24.7. The third-order valence-electron chi connectivity index (χ3n) is 3.98. The second-order valence-electron chi connectivity index (χ2n) is 5.41. The number of piperidine rings is 1. The molecule has 0 radical (unpaired) electrons. The van der Waals surface area contributed by atoms with E-state index in [0.717, 1.165) is 11.4 Å². The average molecular weight is 295 g/mol. The predicted octanol–water partition coefficient (Wildman–Crippen LogP) is 0.739. The summed E-state index contributed by atoms with van der Waals surface area (Å²) in [6.07, 6.45) is 1.01. The molecule has 0 spiro atoms. The Labute approximate surface area is 123 Å². The van der Waals surface area contributed by atoms with Crippen molar-refractivity contribution in [1.29, 1.82) is 0 Å². The lowest BCUT2D eigenvalue weighted by Gasteiger charge is -2.30. The van der Waals surface area contributed by atoms with Crippen molar-refractivity contribution in [3.05, 3.63) is 11.4 Å². The van der Waals surface area contributed by atoms with Crippen LogP contribution in [0.2, 0.25) is 0 Å². The normalized spacial score (nSPS) is 16.0. The molecule has 1 aromatic heterocycles. The van der Waals surface area contributed by atoms with Crippen LogP contribution in [-0.4, -0.2) is 51.4 Å². The van der Waals surface area contributed by atoms with E-state index in [0.29, 0.717) is 31.7 Å². The van der Waals surface area contributed by atoms with Crippen LogP contribution in [0.1, 0.15) is 24.2 Å². The Morgan fingerprint density at radius 3 is 2.43 bits per heavy atom. The maximum atomic E-state index is 12.1. The Balaban J connectivity index is 1.87. The van der Waals surface area contributed by atoms with Crippen LogP contribution in [0.25, 0.3) is 0 Å². The topological polar surface area (TPSA) is 84.7 Å². The fourth-order valence-corrected chi connectivity index (χ4v) is 2.56. The molecule has 2 heterocycles. The van der Waals surface area contributed by atoms with Gasteiger partial charge in [0.1, 0.15) is 5.69 Å². The molecule has 116 valence electrons. The first-order chi connectivity index (χ1) is 9.90. The van der Waals surface area contributed by atoms with E-state index in [1.807, 2.05) is 20.9 Å². The Kier molecular flexibility index (Phi) is 4.50. The molecule has 7 nitrogen and oxygen atoms in total. The smallest absolute Gasteiger partial charge is 0.306 e. The lowest BCUT2D eigenvalue weighted by Crippen LogP contribution is -2.42. The van der Waals surface area contributed by atoms with Crippen molar-refractivity contribution in [2.24, 2.45) is 13.0 Å². The van der Waals surface area contributed by atoms with Crippen molar-refractivity contribution in [1.82, 2.24) is 14.7 Å². The van der Waals surface area contributed by atoms with Gasteiger partial charge in [-0.15, -0.1) is 0 Å². The van der Waals surface area contributed by atoms with Gasteiger partial charge in [-0.25, -0.2) is 0 Å². The van der Waals surface area contributed by atoms with Crippen LogP contribution in [0.3, 0.4) is 0 Å². The summed E-state index contributed by atoms with van der Waals surface area (Å²) in [5, 5.41) is 13.2. The minimum atomic E-state index is -0.778. The maximum absolute atomic E-state index is 12.1. The third kappa shape index (κ3) is 3.34. The highest BCUT2D eigenvalue weighted by Crippen LogP contribution is 2.22. The zero-order valence-electron chi connectivity index (χ0n) is 12.6. The minimum Gasteiger partial charge on any atom is -0.481 e. The molecule has 21 heavy (non-hydrogen) atoms. The van der Waals surface area contributed by atoms with Gasteiger partial charge in [0.15, 0.2) is 12.4 Å². The van der Waals surface area contributed by atoms with Gasteiger partial charge < -0.3 is 14.7 Å². The minimum absolute atomic E-state index is 0.0366. The maximum Gasteiger partial charge on any atom is 0.306 e. The molecular formula is C14H21N3O4. The first-order valence-corrected chi connectivity index (χ1v) is 7.03. The number of carbonyl (C=O) groups excluding carboxylic acids is 1. The van der Waals surface area contributed by atoms with Crippen LogP contribution in [-0.2, 0) is 16.6 Å². The first kappa shape index (κ1) is 15.3. The van der Waals surface area contributed by atoms with Crippen LogP contribution < -0.4 is 4.74 Å². The van der Waals surface area contributed by atoms with E-state index >= 15 is 0 Å². The predicted molar refractivity (Wildman–Crippen MR) is 75.1 cm³/mol. The summed E-state index contributed by atoms with van der Waals surface area (Å²) < 4.78 is 7.30. The number of aliphatic carboxylic acids is 1. The van der Waals surface area contributed by atoms with Crippen molar-refractivity contribution < 1.29 is 19.4 Å². The average Bonchev–Trinajstić information content (AvgIpc) is 2.70. The van der Waals surface area contributed by atoms with Gasteiger partial charge in [0, 0.05) is 20.1 Å². The zero-order valence-corrected chi connectivity index (χ0v) is 12.6. The van der Waals surface area contributed by atoms with Crippen LogP contribution in [0.5, 0.6) is 5.75 Å². The highest BCUT2D eigenvalue weighted by molar-refractivity contribution is 5.78.